The molecule has 1 aromatic carbocycles. The standard InChI is InChI=1S/C9H10O2.C9H12O2/c1-8(10)11-7-9-5-3-2-4-6-9;1-4-6-9(5-2)7-11-8(3)10/h2-6H,7H2,1H3;4-6H,1-2,7H2,3H3/b;9-6+. The minimum absolute atomic E-state index is 0.242. The topological polar surface area (TPSA) is 52.6 Å². The highest BCUT2D eigenvalue weighted by Gasteiger charge is 1.94. The zero-order valence-corrected chi connectivity index (χ0v) is 13.1. The summed E-state index contributed by atoms with van der Waals surface area (Å²) in [6, 6.07) is 9.60. The Morgan fingerprint density at radius 2 is 1.64 bits per heavy atom. The maximum absolute atomic E-state index is 10.4. The van der Waals surface area contributed by atoms with Crippen LogP contribution < -0.4 is 0 Å². The first-order valence-corrected chi connectivity index (χ1v) is 6.74. The first kappa shape index (κ1) is 19.4. The molecule has 0 unspecified atom stereocenters. The number of carbonyl (C=O) groups excluding carboxylic acids is 2. The first-order chi connectivity index (χ1) is 10.5. The molecule has 0 amide bonds. The van der Waals surface area contributed by atoms with E-state index in [1.807, 2.05) is 30.3 Å². The predicted octanol–water partition coefficient (Wildman–Crippen LogP) is 3.60. The van der Waals surface area contributed by atoms with Crippen LogP contribution in [0.1, 0.15) is 19.4 Å². The van der Waals surface area contributed by atoms with E-state index in [9.17, 15) is 9.59 Å². The molecule has 118 valence electrons. The van der Waals surface area contributed by atoms with Crippen LogP contribution in [0.5, 0.6) is 0 Å². The Labute approximate surface area is 131 Å². The van der Waals surface area contributed by atoms with Crippen molar-refractivity contribution in [3.63, 3.8) is 0 Å². The molecule has 0 heterocycles. The second kappa shape index (κ2) is 12.1. The molecular weight excluding hydrogens is 280 g/mol. The van der Waals surface area contributed by atoms with Crippen molar-refractivity contribution >= 4 is 11.9 Å². The van der Waals surface area contributed by atoms with Gasteiger partial charge in [-0.15, -0.1) is 0 Å². The van der Waals surface area contributed by atoms with Gasteiger partial charge in [-0.3, -0.25) is 9.59 Å². The van der Waals surface area contributed by atoms with E-state index in [1.54, 1.807) is 18.2 Å². The van der Waals surface area contributed by atoms with Gasteiger partial charge in [0.25, 0.3) is 0 Å². The summed E-state index contributed by atoms with van der Waals surface area (Å²) < 4.78 is 9.51. The van der Waals surface area contributed by atoms with Gasteiger partial charge >= 0.3 is 11.9 Å². The van der Waals surface area contributed by atoms with Gasteiger partial charge in [-0.05, 0) is 11.1 Å². The van der Waals surface area contributed by atoms with Crippen LogP contribution in [0.3, 0.4) is 0 Å². The van der Waals surface area contributed by atoms with Crippen molar-refractivity contribution in [1.29, 1.82) is 0 Å². The number of rotatable bonds is 6. The molecule has 0 fully saturated rings. The number of ether oxygens (including phenoxy) is 2. The summed E-state index contributed by atoms with van der Waals surface area (Å²) >= 11 is 0. The molecule has 4 nitrogen and oxygen atoms in total. The van der Waals surface area contributed by atoms with Crippen molar-refractivity contribution in [3.8, 4) is 0 Å². The molecule has 0 aliphatic carbocycles. The van der Waals surface area contributed by atoms with Crippen molar-refractivity contribution in [1.82, 2.24) is 0 Å². The van der Waals surface area contributed by atoms with Crippen LogP contribution in [0.4, 0.5) is 0 Å². The number of hydrogen-bond donors (Lipinski definition) is 0. The quantitative estimate of drug-likeness (QED) is 0.595. The van der Waals surface area contributed by atoms with E-state index in [4.69, 9.17) is 9.47 Å². The summed E-state index contributed by atoms with van der Waals surface area (Å²) in [6.07, 6.45) is 5.00. The van der Waals surface area contributed by atoms with E-state index in [0.717, 1.165) is 11.1 Å². The average molecular weight is 302 g/mol. The van der Waals surface area contributed by atoms with E-state index in [2.05, 4.69) is 13.2 Å². The maximum atomic E-state index is 10.4. The third-order valence-corrected chi connectivity index (χ3v) is 2.32. The van der Waals surface area contributed by atoms with Crippen molar-refractivity contribution in [2.75, 3.05) is 6.61 Å². The Morgan fingerprint density at radius 1 is 1.05 bits per heavy atom. The Balaban J connectivity index is 0.000000401. The van der Waals surface area contributed by atoms with Gasteiger partial charge < -0.3 is 9.47 Å². The van der Waals surface area contributed by atoms with Crippen LogP contribution in [0, 0.1) is 0 Å². The molecule has 0 N–H and O–H groups in total. The fraction of sp³-hybridized carbons (Fsp3) is 0.222. The smallest absolute Gasteiger partial charge is 0.302 e. The Bertz CT molecular complexity index is 515. The van der Waals surface area contributed by atoms with Gasteiger partial charge in [0.1, 0.15) is 13.2 Å². The fourth-order valence-electron chi connectivity index (χ4n) is 1.27. The highest BCUT2D eigenvalue weighted by atomic mass is 16.5. The fourth-order valence-corrected chi connectivity index (χ4v) is 1.27. The van der Waals surface area contributed by atoms with Crippen molar-refractivity contribution < 1.29 is 19.1 Å². The van der Waals surface area contributed by atoms with E-state index in [0.29, 0.717) is 6.61 Å². The Morgan fingerprint density at radius 3 is 2.09 bits per heavy atom. The lowest BCUT2D eigenvalue weighted by atomic mass is 10.2. The SMILES string of the molecule is C=C/C=C(\C=C)COC(C)=O.CC(=O)OCc1ccccc1. The van der Waals surface area contributed by atoms with Gasteiger partial charge in [0, 0.05) is 13.8 Å². The highest BCUT2D eigenvalue weighted by Crippen LogP contribution is 2.00. The molecule has 0 radical (unpaired) electrons. The molecule has 0 aliphatic heterocycles. The second-order valence-electron chi connectivity index (χ2n) is 4.23. The third-order valence-electron chi connectivity index (χ3n) is 2.32. The third kappa shape index (κ3) is 11.2. The Kier molecular flexibility index (Phi) is 10.7. The molecule has 0 aliphatic rings. The second-order valence-corrected chi connectivity index (χ2v) is 4.23. The number of esters is 2. The molecule has 0 saturated carbocycles. The molecule has 1 rings (SSSR count). The molecule has 0 spiro atoms. The number of carbonyl (C=O) groups is 2. The number of benzene rings is 1. The van der Waals surface area contributed by atoms with E-state index in [-0.39, 0.29) is 18.5 Å². The first-order valence-electron chi connectivity index (χ1n) is 6.74. The van der Waals surface area contributed by atoms with Gasteiger partial charge in [-0.2, -0.15) is 0 Å². The average Bonchev–Trinajstić information content (AvgIpc) is 2.51. The van der Waals surface area contributed by atoms with Crippen LogP contribution in [0.2, 0.25) is 0 Å². The normalized spacial score (nSPS) is 9.82. The highest BCUT2D eigenvalue weighted by molar-refractivity contribution is 5.66. The minimum Gasteiger partial charge on any atom is -0.461 e. The van der Waals surface area contributed by atoms with E-state index < -0.39 is 0 Å². The molecule has 0 aromatic heterocycles. The zero-order valence-electron chi connectivity index (χ0n) is 13.1. The van der Waals surface area contributed by atoms with Gasteiger partial charge in [-0.1, -0.05) is 61.7 Å². The van der Waals surface area contributed by atoms with Gasteiger partial charge in [0.2, 0.25) is 0 Å². The summed E-state index contributed by atoms with van der Waals surface area (Å²) in [6.45, 7) is 10.5. The van der Waals surface area contributed by atoms with E-state index in [1.165, 1.54) is 13.8 Å². The molecule has 0 saturated heterocycles. The largest absolute Gasteiger partial charge is 0.461 e. The van der Waals surface area contributed by atoms with Crippen LogP contribution in [0.25, 0.3) is 0 Å². The molecule has 1 aromatic rings. The van der Waals surface area contributed by atoms with Crippen LogP contribution in [-0.2, 0) is 25.7 Å². The van der Waals surface area contributed by atoms with Gasteiger partial charge in [0.15, 0.2) is 0 Å². The Hall–Kier alpha value is -2.62. The van der Waals surface area contributed by atoms with Crippen molar-refractivity contribution in [3.05, 3.63) is 72.9 Å². The molecule has 0 bridgehead atoms. The molecule has 22 heavy (non-hydrogen) atoms. The lowest BCUT2D eigenvalue weighted by molar-refractivity contribution is -0.142. The lowest BCUT2D eigenvalue weighted by Crippen LogP contribution is -2.01. The summed E-state index contributed by atoms with van der Waals surface area (Å²) in [5.74, 6) is -0.532. The molecule has 4 heteroatoms. The van der Waals surface area contributed by atoms with Gasteiger partial charge in [0.05, 0.1) is 0 Å². The lowest BCUT2D eigenvalue weighted by Gasteiger charge is -2.00. The van der Waals surface area contributed by atoms with Crippen LogP contribution >= 0.6 is 0 Å². The molecular formula is C18H22O4. The molecule has 0 atom stereocenters. The van der Waals surface area contributed by atoms with Crippen molar-refractivity contribution in [2.45, 2.75) is 20.5 Å². The number of allylic oxidation sites excluding steroid dienone is 2. The maximum Gasteiger partial charge on any atom is 0.302 e. The summed E-state index contributed by atoms with van der Waals surface area (Å²) in [4.78, 5) is 20.8. The van der Waals surface area contributed by atoms with Crippen LogP contribution in [-0.4, -0.2) is 18.5 Å². The zero-order chi connectivity index (χ0) is 16.8. The summed E-state index contributed by atoms with van der Waals surface area (Å²) in [5.41, 5.74) is 1.86. The summed E-state index contributed by atoms with van der Waals surface area (Å²) in [7, 11) is 0. The van der Waals surface area contributed by atoms with E-state index >= 15 is 0 Å². The monoisotopic (exact) mass is 302 g/mol. The minimum atomic E-state index is -0.290. The van der Waals surface area contributed by atoms with Crippen LogP contribution in [0.15, 0.2) is 67.3 Å². The summed E-state index contributed by atoms with van der Waals surface area (Å²) in [5, 5.41) is 0. The van der Waals surface area contributed by atoms with Crippen molar-refractivity contribution in [2.24, 2.45) is 0 Å². The van der Waals surface area contributed by atoms with Gasteiger partial charge in [-0.25, -0.2) is 0 Å². The number of hydrogen-bond acceptors (Lipinski definition) is 4. The predicted molar refractivity (Wildman–Crippen MR) is 87.0 cm³/mol.